The molecule has 2 aliphatic rings. The van der Waals surface area contributed by atoms with Crippen LogP contribution < -0.4 is 0 Å². The smallest absolute Gasteiger partial charge is 0.334 e. The molecule has 1 saturated heterocycles. The van der Waals surface area contributed by atoms with Crippen molar-refractivity contribution >= 4 is 17.5 Å². The number of fused-ring (bicyclic) bond motifs is 1. The van der Waals surface area contributed by atoms with Crippen molar-refractivity contribution in [1.82, 2.24) is 0 Å². The Morgan fingerprint density at radius 1 is 0.895 bits per heavy atom. The number of esters is 1. The topological polar surface area (TPSA) is 60.4 Å². The van der Waals surface area contributed by atoms with Crippen molar-refractivity contribution < 1.29 is 19.1 Å². The average molecular weight is 260 g/mol. The van der Waals surface area contributed by atoms with Gasteiger partial charge in [-0.2, -0.15) is 0 Å². The largest absolute Gasteiger partial charge is 0.458 e. The molecular formula is C15H16O4. The molecular weight excluding hydrogens is 244 g/mol. The van der Waals surface area contributed by atoms with Crippen molar-refractivity contribution in [3.63, 3.8) is 0 Å². The molecule has 0 bridgehead atoms. The lowest BCUT2D eigenvalue weighted by atomic mass is 9.84. The van der Waals surface area contributed by atoms with Gasteiger partial charge in [-0.3, -0.25) is 9.59 Å². The quantitative estimate of drug-likeness (QED) is 0.493. The van der Waals surface area contributed by atoms with E-state index in [1.54, 1.807) is 0 Å². The summed E-state index contributed by atoms with van der Waals surface area (Å²) < 4.78 is 5.18. The van der Waals surface area contributed by atoms with Crippen molar-refractivity contribution in [2.45, 2.75) is 31.8 Å². The van der Waals surface area contributed by atoms with E-state index in [9.17, 15) is 14.4 Å². The molecule has 1 aliphatic carbocycles. The number of allylic oxidation sites excluding steroid dienone is 1. The van der Waals surface area contributed by atoms with Gasteiger partial charge >= 0.3 is 5.97 Å². The van der Waals surface area contributed by atoms with Crippen LogP contribution in [0.15, 0.2) is 36.5 Å². The van der Waals surface area contributed by atoms with Crippen molar-refractivity contribution in [1.29, 1.82) is 0 Å². The highest BCUT2D eigenvalue weighted by atomic mass is 16.6. The Labute approximate surface area is 111 Å². The number of hydrogen-bond acceptors (Lipinski definition) is 4. The van der Waals surface area contributed by atoms with E-state index in [-0.39, 0.29) is 36.7 Å². The van der Waals surface area contributed by atoms with Crippen LogP contribution in [0.3, 0.4) is 0 Å². The first-order valence-corrected chi connectivity index (χ1v) is 6.22. The highest BCUT2D eigenvalue weighted by molar-refractivity contribution is 6.00. The second-order valence-electron chi connectivity index (χ2n) is 5.04. The Bertz CT molecular complexity index is 512. The van der Waals surface area contributed by atoms with Crippen molar-refractivity contribution in [2.75, 3.05) is 0 Å². The second-order valence-corrected chi connectivity index (χ2v) is 5.04. The van der Waals surface area contributed by atoms with Crippen LogP contribution in [0.5, 0.6) is 0 Å². The van der Waals surface area contributed by atoms with Gasteiger partial charge in [-0.1, -0.05) is 19.7 Å². The van der Waals surface area contributed by atoms with E-state index in [1.807, 2.05) is 0 Å². The van der Waals surface area contributed by atoms with Crippen LogP contribution in [0, 0.1) is 5.92 Å². The Morgan fingerprint density at radius 2 is 1.58 bits per heavy atom. The summed E-state index contributed by atoms with van der Waals surface area (Å²) in [5.74, 6) is -1.11. The van der Waals surface area contributed by atoms with Crippen molar-refractivity contribution in [2.24, 2.45) is 5.92 Å². The Balaban J connectivity index is 2.29. The molecule has 0 N–H and O–H groups in total. The highest BCUT2D eigenvalue weighted by Crippen LogP contribution is 2.35. The molecule has 0 aromatic rings. The van der Waals surface area contributed by atoms with E-state index in [2.05, 4.69) is 19.7 Å². The van der Waals surface area contributed by atoms with Crippen LogP contribution in [-0.4, -0.2) is 23.6 Å². The lowest BCUT2D eigenvalue weighted by Gasteiger charge is -2.20. The maximum absolute atomic E-state index is 12.0. The van der Waals surface area contributed by atoms with Gasteiger partial charge in [0.15, 0.2) is 11.6 Å². The van der Waals surface area contributed by atoms with Gasteiger partial charge < -0.3 is 4.74 Å². The highest BCUT2D eigenvalue weighted by Gasteiger charge is 2.40. The molecule has 0 unspecified atom stereocenters. The van der Waals surface area contributed by atoms with E-state index >= 15 is 0 Å². The van der Waals surface area contributed by atoms with Gasteiger partial charge in [-0.25, -0.2) is 4.79 Å². The van der Waals surface area contributed by atoms with Crippen molar-refractivity contribution in [3.05, 3.63) is 36.5 Å². The standard InChI is InChI=1S/C15H16O4/c1-8-4-5-12(16)9(2)6-14-11(7-13(8)17)10(3)15(18)19-14/h11,14H,1-7H2/t11-,14+/m1/s1. The third-order valence-electron chi connectivity index (χ3n) is 3.71. The number of Topliss-reactive ketones (excluding diaryl/α,β-unsaturated/α-hetero) is 2. The van der Waals surface area contributed by atoms with Crippen LogP contribution >= 0.6 is 0 Å². The van der Waals surface area contributed by atoms with Crippen LogP contribution in [0.2, 0.25) is 0 Å². The third-order valence-corrected chi connectivity index (χ3v) is 3.71. The summed E-state index contributed by atoms with van der Waals surface area (Å²) >= 11 is 0. The Hall–Kier alpha value is -1.97. The summed E-state index contributed by atoms with van der Waals surface area (Å²) in [7, 11) is 0. The van der Waals surface area contributed by atoms with Crippen LogP contribution in [0.25, 0.3) is 0 Å². The maximum Gasteiger partial charge on any atom is 0.334 e. The van der Waals surface area contributed by atoms with Gasteiger partial charge in [0.05, 0.1) is 0 Å². The van der Waals surface area contributed by atoms with E-state index in [1.165, 1.54) is 0 Å². The summed E-state index contributed by atoms with van der Waals surface area (Å²) in [4.78, 5) is 35.3. The summed E-state index contributed by atoms with van der Waals surface area (Å²) in [6, 6.07) is 0. The minimum absolute atomic E-state index is 0.108. The number of carbonyl (C=O) groups is 3. The van der Waals surface area contributed by atoms with E-state index in [4.69, 9.17) is 4.74 Å². The Morgan fingerprint density at radius 3 is 2.26 bits per heavy atom. The zero-order chi connectivity index (χ0) is 14.2. The molecule has 0 spiro atoms. The molecule has 0 aromatic carbocycles. The predicted molar refractivity (Wildman–Crippen MR) is 69.3 cm³/mol. The summed E-state index contributed by atoms with van der Waals surface area (Å²) in [6.07, 6.45) is 0.500. The van der Waals surface area contributed by atoms with Gasteiger partial charge in [0.2, 0.25) is 0 Å². The monoisotopic (exact) mass is 260 g/mol. The first kappa shape index (κ1) is 13.5. The van der Waals surface area contributed by atoms with Crippen LogP contribution in [0.4, 0.5) is 0 Å². The second kappa shape index (κ2) is 4.96. The average Bonchev–Trinajstić information content (AvgIpc) is 2.62. The SMILES string of the molecule is C=C1C[C@@H]2OC(=O)C(=C)[C@H]2CC(=O)C(=C)CCC1=O. The third kappa shape index (κ3) is 2.57. The number of rotatable bonds is 0. The molecule has 0 aromatic heterocycles. The summed E-state index contributed by atoms with van der Waals surface area (Å²) in [5.41, 5.74) is 1.14. The van der Waals surface area contributed by atoms with Gasteiger partial charge in [0, 0.05) is 30.8 Å². The molecule has 100 valence electrons. The summed E-state index contributed by atoms with van der Waals surface area (Å²) in [5, 5.41) is 0. The molecule has 4 heteroatoms. The minimum atomic E-state index is -0.508. The molecule has 0 amide bonds. The van der Waals surface area contributed by atoms with Crippen molar-refractivity contribution in [3.8, 4) is 0 Å². The lowest BCUT2D eigenvalue weighted by Crippen LogP contribution is -2.24. The Kier molecular flexibility index (Phi) is 3.51. The van der Waals surface area contributed by atoms with Gasteiger partial charge in [-0.05, 0) is 17.6 Å². The molecule has 1 heterocycles. The summed E-state index contributed by atoms with van der Waals surface area (Å²) in [6.45, 7) is 11.1. The van der Waals surface area contributed by atoms with E-state index in [0.717, 1.165) is 0 Å². The number of hydrogen-bond donors (Lipinski definition) is 0. The zero-order valence-electron chi connectivity index (χ0n) is 10.7. The molecule has 1 saturated carbocycles. The normalized spacial score (nSPS) is 29.3. The molecule has 2 fully saturated rings. The van der Waals surface area contributed by atoms with E-state index in [0.29, 0.717) is 23.1 Å². The molecule has 0 radical (unpaired) electrons. The number of ketones is 2. The zero-order valence-corrected chi connectivity index (χ0v) is 10.7. The molecule has 2 atom stereocenters. The number of carbonyl (C=O) groups excluding carboxylic acids is 3. The molecule has 2 rings (SSSR count). The van der Waals surface area contributed by atoms with E-state index < -0.39 is 12.1 Å². The maximum atomic E-state index is 12.0. The first-order chi connectivity index (χ1) is 8.90. The van der Waals surface area contributed by atoms with Gasteiger partial charge in [0.1, 0.15) is 6.10 Å². The van der Waals surface area contributed by atoms with Crippen LogP contribution in [-0.2, 0) is 19.1 Å². The lowest BCUT2D eigenvalue weighted by molar-refractivity contribution is -0.139. The fourth-order valence-corrected chi connectivity index (χ4v) is 2.39. The fourth-order valence-electron chi connectivity index (χ4n) is 2.39. The predicted octanol–water partition coefficient (Wildman–Crippen LogP) is 1.91. The van der Waals surface area contributed by atoms with Gasteiger partial charge in [0.25, 0.3) is 0 Å². The first-order valence-electron chi connectivity index (χ1n) is 6.22. The molecule has 1 aliphatic heterocycles. The molecule has 4 nitrogen and oxygen atoms in total. The molecule has 19 heavy (non-hydrogen) atoms. The minimum Gasteiger partial charge on any atom is -0.458 e. The number of ether oxygens (including phenoxy) is 1. The van der Waals surface area contributed by atoms with Gasteiger partial charge in [-0.15, -0.1) is 0 Å². The van der Waals surface area contributed by atoms with Crippen LogP contribution in [0.1, 0.15) is 25.7 Å². The fraction of sp³-hybridized carbons (Fsp3) is 0.400.